The quantitative estimate of drug-likeness (QED) is 0.655. The molecule has 0 saturated carbocycles. The Morgan fingerprint density at radius 2 is 1.80 bits per heavy atom. The van der Waals surface area contributed by atoms with Gasteiger partial charge in [0.15, 0.2) is 0 Å². The Kier molecular flexibility index (Phi) is 5.05. The first-order chi connectivity index (χ1) is 7.19. The topological polar surface area (TPSA) is 66.5 Å². The predicted octanol–water partition coefficient (Wildman–Crippen LogP) is 0.821. The first-order valence-electron chi connectivity index (χ1n) is 4.90. The van der Waals surface area contributed by atoms with Gasteiger partial charge in [0.1, 0.15) is 6.10 Å². The molecule has 4 heteroatoms. The van der Waals surface area contributed by atoms with E-state index in [9.17, 15) is 10.2 Å². The monoisotopic (exact) mass is 229 g/mol. The van der Waals surface area contributed by atoms with Gasteiger partial charge in [-0.15, -0.1) is 11.6 Å². The van der Waals surface area contributed by atoms with Crippen molar-refractivity contribution in [2.45, 2.75) is 18.6 Å². The van der Waals surface area contributed by atoms with Gasteiger partial charge in [-0.05, 0) is 24.1 Å². The number of benzene rings is 1. The Balaban J connectivity index is 2.70. The average molecular weight is 230 g/mol. The molecule has 3 nitrogen and oxygen atoms in total. The van der Waals surface area contributed by atoms with Crippen molar-refractivity contribution in [3.05, 3.63) is 35.4 Å². The second-order valence-electron chi connectivity index (χ2n) is 3.45. The van der Waals surface area contributed by atoms with Crippen LogP contribution in [0, 0.1) is 0 Å². The molecule has 0 aliphatic carbocycles. The second kappa shape index (κ2) is 6.08. The Hall–Kier alpha value is -0.610. The highest BCUT2D eigenvalue weighted by molar-refractivity contribution is 6.18. The van der Waals surface area contributed by atoms with Gasteiger partial charge in [-0.2, -0.15) is 0 Å². The summed E-state index contributed by atoms with van der Waals surface area (Å²) in [6, 6.07) is 7.36. The van der Waals surface area contributed by atoms with Crippen LogP contribution in [0.25, 0.3) is 0 Å². The maximum Gasteiger partial charge on any atom is 0.106 e. The number of halogens is 1. The summed E-state index contributed by atoms with van der Waals surface area (Å²) in [5, 5.41) is 19.0. The molecule has 1 rings (SSSR count). The molecule has 15 heavy (non-hydrogen) atoms. The smallest absolute Gasteiger partial charge is 0.106 e. The molecule has 0 saturated heterocycles. The molecule has 0 spiro atoms. The van der Waals surface area contributed by atoms with Crippen LogP contribution in [0.1, 0.15) is 17.2 Å². The van der Waals surface area contributed by atoms with E-state index in [0.717, 1.165) is 12.0 Å². The summed E-state index contributed by atoms with van der Waals surface area (Å²) in [7, 11) is 0. The minimum atomic E-state index is -0.924. The van der Waals surface area contributed by atoms with Crippen molar-refractivity contribution >= 4 is 11.6 Å². The van der Waals surface area contributed by atoms with Crippen molar-refractivity contribution in [3.8, 4) is 0 Å². The van der Waals surface area contributed by atoms with Gasteiger partial charge in [0, 0.05) is 0 Å². The van der Waals surface area contributed by atoms with Gasteiger partial charge in [-0.25, -0.2) is 0 Å². The van der Waals surface area contributed by atoms with Gasteiger partial charge >= 0.3 is 0 Å². The summed E-state index contributed by atoms with van der Waals surface area (Å²) in [6.07, 6.45) is -1.03. The van der Waals surface area contributed by atoms with Crippen LogP contribution < -0.4 is 5.73 Å². The highest BCUT2D eigenvalue weighted by Crippen LogP contribution is 2.18. The first kappa shape index (κ1) is 12.5. The molecule has 0 aliphatic rings. The SMILES string of the molecule is NCCc1ccc(C(O)C(O)CCl)cc1. The van der Waals surface area contributed by atoms with Crippen LogP contribution in [-0.4, -0.2) is 28.7 Å². The van der Waals surface area contributed by atoms with Crippen molar-refractivity contribution in [2.75, 3.05) is 12.4 Å². The molecule has 0 aliphatic heterocycles. The third kappa shape index (κ3) is 3.47. The number of aliphatic hydroxyl groups excluding tert-OH is 2. The molecule has 0 fully saturated rings. The van der Waals surface area contributed by atoms with Crippen LogP contribution in [0.2, 0.25) is 0 Å². The fraction of sp³-hybridized carbons (Fsp3) is 0.455. The number of aliphatic hydroxyl groups is 2. The second-order valence-corrected chi connectivity index (χ2v) is 3.76. The van der Waals surface area contributed by atoms with Crippen LogP contribution in [0.15, 0.2) is 24.3 Å². The molecular formula is C11H16ClNO2. The molecular weight excluding hydrogens is 214 g/mol. The summed E-state index contributed by atoms with van der Waals surface area (Å²) in [6.45, 7) is 0.603. The van der Waals surface area contributed by atoms with E-state index in [-0.39, 0.29) is 5.88 Å². The third-order valence-electron chi connectivity index (χ3n) is 2.28. The summed E-state index contributed by atoms with van der Waals surface area (Å²) < 4.78 is 0. The Labute approximate surface area is 94.5 Å². The number of hydrogen-bond acceptors (Lipinski definition) is 3. The van der Waals surface area contributed by atoms with Crippen molar-refractivity contribution in [1.82, 2.24) is 0 Å². The lowest BCUT2D eigenvalue weighted by Crippen LogP contribution is -2.19. The standard InChI is InChI=1S/C11H16ClNO2/c12-7-10(14)11(15)9-3-1-8(2-4-9)5-6-13/h1-4,10-11,14-15H,5-7,13H2. The third-order valence-corrected chi connectivity index (χ3v) is 2.59. The molecule has 2 atom stereocenters. The van der Waals surface area contributed by atoms with E-state index in [2.05, 4.69) is 0 Å². The number of nitrogens with two attached hydrogens (primary N) is 1. The van der Waals surface area contributed by atoms with Gasteiger partial charge in [0.05, 0.1) is 12.0 Å². The predicted molar refractivity (Wildman–Crippen MR) is 60.9 cm³/mol. The van der Waals surface area contributed by atoms with Gasteiger partial charge in [0.25, 0.3) is 0 Å². The Bertz CT molecular complexity index is 289. The van der Waals surface area contributed by atoms with Gasteiger partial charge in [-0.1, -0.05) is 24.3 Å². The van der Waals surface area contributed by atoms with E-state index in [1.807, 2.05) is 12.1 Å². The summed E-state index contributed by atoms with van der Waals surface area (Å²) in [5.74, 6) is 0.0196. The number of rotatable bonds is 5. The van der Waals surface area contributed by atoms with Crippen molar-refractivity contribution in [3.63, 3.8) is 0 Å². The summed E-state index contributed by atoms with van der Waals surface area (Å²) in [4.78, 5) is 0. The summed E-state index contributed by atoms with van der Waals surface area (Å²) in [5.41, 5.74) is 7.21. The fourth-order valence-electron chi connectivity index (χ4n) is 1.35. The highest BCUT2D eigenvalue weighted by Gasteiger charge is 2.16. The highest BCUT2D eigenvalue weighted by atomic mass is 35.5. The minimum absolute atomic E-state index is 0.0196. The van der Waals surface area contributed by atoms with E-state index in [0.29, 0.717) is 12.1 Å². The lowest BCUT2D eigenvalue weighted by molar-refractivity contribution is 0.0327. The van der Waals surface area contributed by atoms with Gasteiger partial charge in [-0.3, -0.25) is 0 Å². The lowest BCUT2D eigenvalue weighted by atomic mass is 10.0. The fourth-order valence-corrected chi connectivity index (χ4v) is 1.52. The maximum absolute atomic E-state index is 9.65. The minimum Gasteiger partial charge on any atom is -0.389 e. The van der Waals surface area contributed by atoms with E-state index < -0.39 is 12.2 Å². The van der Waals surface area contributed by atoms with Crippen LogP contribution in [-0.2, 0) is 6.42 Å². The largest absolute Gasteiger partial charge is 0.389 e. The van der Waals surface area contributed by atoms with Crippen LogP contribution in [0.4, 0.5) is 0 Å². The molecule has 0 amide bonds. The average Bonchev–Trinajstić information content (AvgIpc) is 2.28. The number of alkyl halides is 1. The molecule has 1 aromatic rings. The maximum atomic E-state index is 9.65. The van der Waals surface area contributed by atoms with E-state index >= 15 is 0 Å². The number of hydrogen-bond donors (Lipinski definition) is 3. The van der Waals surface area contributed by atoms with E-state index in [1.54, 1.807) is 12.1 Å². The molecule has 2 unspecified atom stereocenters. The molecule has 0 aromatic heterocycles. The van der Waals surface area contributed by atoms with Crippen molar-refractivity contribution < 1.29 is 10.2 Å². The molecule has 0 radical (unpaired) electrons. The zero-order valence-electron chi connectivity index (χ0n) is 8.44. The Morgan fingerprint density at radius 3 is 2.27 bits per heavy atom. The van der Waals surface area contributed by atoms with Crippen LogP contribution in [0.3, 0.4) is 0 Å². The summed E-state index contributed by atoms with van der Waals surface area (Å²) >= 11 is 5.45. The first-order valence-corrected chi connectivity index (χ1v) is 5.43. The molecule has 84 valence electrons. The molecule has 1 aromatic carbocycles. The molecule has 4 N–H and O–H groups in total. The van der Waals surface area contributed by atoms with Crippen LogP contribution >= 0.6 is 11.6 Å². The molecule has 0 heterocycles. The van der Waals surface area contributed by atoms with E-state index in [1.165, 1.54) is 0 Å². The normalized spacial score (nSPS) is 14.9. The molecule has 0 bridgehead atoms. The zero-order valence-corrected chi connectivity index (χ0v) is 9.19. The van der Waals surface area contributed by atoms with Crippen LogP contribution in [0.5, 0.6) is 0 Å². The van der Waals surface area contributed by atoms with Crippen molar-refractivity contribution in [2.24, 2.45) is 5.73 Å². The van der Waals surface area contributed by atoms with E-state index in [4.69, 9.17) is 17.3 Å². The zero-order chi connectivity index (χ0) is 11.3. The lowest BCUT2D eigenvalue weighted by Gasteiger charge is -2.15. The van der Waals surface area contributed by atoms with Gasteiger partial charge < -0.3 is 15.9 Å². The Morgan fingerprint density at radius 1 is 1.20 bits per heavy atom. The van der Waals surface area contributed by atoms with Crippen molar-refractivity contribution in [1.29, 1.82) is 0 Å². The van der Waals surface area contributed by atoms with Gasteiger partial charge in [0.2, 0.25) is 0 Å².